The first-order valence-corrected chi connectivity index (χ1v) is 8.24. The number of alkyl halides is 3. The number of nitrogens with zero attached hydrogens (tertiary/aromatic N) is 1. The Labute approximate surface area is 143 Å². The normalized spacial score (nSPS) is 12.8. The van der Waals surface area contributed by atoms with Gasteiger partial charge in [-0.05, 0) is 26.0 Å². The number of carbonyl (C=O) groups is 2. The number of halogens is 3. The van der Waals surface area contributed by atoms with Crippen LogP contribution in [0.4, 0.5) is 19.0 Å². The van der Waals surface area contributed by atoms with Gasteiger partial charge in [0.25, 0.3) is 0 Å². The second-order valence-electron chi connectivity index (χ2n) is 6.86. The van der Waals surface area contributed by atoms with Crippen molar-refractivity contribution < 1.29 is 22.8 Å². The van der Waals surface area contributed by atoms with E-state index in [2.05, 4.69) is 10.3 Å². The van der Waals surface area contributed by atoms with Crippen LogP contribution in [0.3, 0.4) is 0 Å². The lowest BCUT2D eigenvalue weighted by atomic mass is 9.92. The Balaban J connectivity index is 2.70. The summed E-state index contributed by atoms with van der Waals surface area (Å²) in [6, 6.07) is 1.95. The molecule has 1 amide bonds. The Bertz CT molecular complexity index is 605. The van der Waals surface area contributed by atoms with Gasteiger partial charge in [0.05, 0.1) is 16.1 Å². The van der Waals surface area contributed by atoms with Gasteiger partial charge in [-0.25, -0.2) is 4.98 Å². The van der Waals surface area contributed by atoms with Crippen LogP contribution in [0.5, 0.6) is 0 Å². The first-order valence-electron chi connectivity index (χ1n) is 7.25. The van der Waals surface area contributed by atoms with Gasteiger partial charge in [-0.3, -0.25) is 9.59 Å². The van der Waals surface area contributed by atoms with Gasteiger partial charge in [-0.1, -0.05) is 20.8 Å². The van der Waals surface area contributed by atoms with Crippen molar-refractivity contribution in [3.05, 3.63) is 23.9 Å². The number of Topliss-reactive ketones (excluding diaryl/α,β-unsaturated/α-hetero) is 1. The smallest absolute Gasteiger partial charge is 0.310 e. The van der Waals surface area contributed by atoms with E-state index in [-0.39, 0.29) is 17.4 Å². The highest BCUT2D eigenvalue weighted by Gasteiger charge is 2.33. The molecule has 4 nitrogen and oxygen atoms in total. The van der Waals surface area contributed by atoms with Crippen molar-refractivity contribution in [2.45, 2.75) is 45.5 Å². The minimum Gasteiger partial charge on any atom is -0.310 e. The fourth-order valence-electron chi connectivity index (χ4n) is 1.43. The van der Waals surface area contributed by atoms with Crippen LogP contribution in [0.1, 0.15) is 40.2 Å². The van der Waals surface area contributed by atoms with Crippen molar-refractivity contribution >= 4 is 29.3 Å². The summed E-state index contributed by atoms with van der Waals surface area (Å²) in [5.74, 6) is -0.212. The summed E-state index contributed by atoms with van der Waals surface area (Å²) in [6.07, 6.45) is -3.81. The molecule has 1 heterocycles. The third kappa shape index (κ3) is 5.81. The van der Waals surface area contributed by atoms with Crippen molar-refractivity contribution in [2.24, 2.45) is 5.41 Å². The van der Waals surface area contributed by atoms with E-state index in [1.54, 1.807) is 34.6 Å². The Morgan fingerprint density at radius 1 is 1.12 bits per heavy atom. The third-order valence-electron chi connectivity index (χ3n) is 3.28. The number of pyridine rings is 1. The topological polar surface area (TPSA) is 59.1 Å². The van der Waals surface area contributed by atoms with Gasteiger partial charge in [0.2, 0.25) is 5.91 Å². The molecule has 24 heavy (non-hydrogen) atoms. The van der Waals surface area contributed by atoms with Crippen LogP contribution in [-0.2, 0) is 15.8 Å². The fraction of sp³-hybridized carbons (Fsp3) is 0.562. The van der Waals surface area contributed by atoms with E-state index in [9.17, 15) is 22.8 Å². The van der Waals surface area contributed by atoms with Crippen molar-refractivity contribution in [1.82, 2.24) is 4.98 Å². The lowest BCUT2D eigenvalue weighted by Gasteiger charge is -2.24. The number of ketones is 1. The van der Waals surface area contributed by atoms with E-state index >= 15 is 0 Å². The molecule has 0 saturated carbocycles. The number of nitrogens with one attached hydrogen (secondary N) is 1. The third-order valence-corrected chi connectivity index (χ3v) is 4.59. The number of anilines is 1. The van der Waals surface area contributed by atoms with Crippen LogP contribution in [-0.4, -0.2) is 27.2 Å². The van der Waals surface area contributed by atoms with E-state index in [1.807, 2.05) is 0 Å². The number of hydrogen-bond acceptors (Lipinski definition) is 4. The quantitative estimate of drug-likeness (QED) is 0.854. The van der Waals surface area contributed by atoms with Crippen molar-refractivity contribution in [3.63, 3.8) is 0 Å². The molecule has 134 valence electrons. The molecular formula is C16H21F3N2O2S. The number of carbonyl (C=O) groups excluding carboxylic acids is 2. The summed E-state index contributed by atoms with van der Waals surface area (Å²) in [4.78, 5) is 27.8. The lowest BCUT2D eigenvalue weighted by Crippen LogP contribution is -2.36. The summed E-state index contributed by atoms with van der Waals surface area (Å²) < 4.78 is 36.5. The molecule has 0 aliphatic rings. The van der Waals surface area contributed by atoms with Gasteiger partial charge < -0.3 is 5.32 Å². The number of hydrogen-bond donors (Lipinski definition) is 1. The highest BCUT2D eigenvalue weighted by Crippen LogP contribution is 2.30. The summed E-state index contributed by atoms with van der Waals surface area (Å²) in [5.41, 5.74) is -1.38. The second kappa shape index (κ2) is 7.13. The summed E-state index contributed by atoms with van der Waals surface area (Å²) in [7, 11) is 0. The zero-order chi connectivity index (χ0) is 18.8. The molecule has 0 bridgehead atoms. The molecular weight excluding hydrogens is 341 g/mol. The molecule has 0 aromatic carbocycles. The van der Waals surface area contributed by atoms with E-state index in [4.69, 9.17) is 0 Å². The Kier molecular flexibility index (Phi) is 6.08. The molecule has 0 aliphatic heterocycles. The second-order valence-corrected chi connectivity index (χ2v) is 8.45. The van der Waals surface area contributed by atoms with E-state index in [0.29, 0.717) is 6.20 Å². The van der Waals surface area contributed by atoms with Gasteiger partial charge in [0, 0.05) is 11.6 Å². The Hall–Kier alpha value is -1.57. The molecule has 1 aromatic heterocycles. The van der Waals surface area contributed by atoms with Crippen LogP contribution < -0.4 is 5.32 Å². The van der Waals surface area contributed by atoms with Gasteiger partial charge in [0.1, 0.15) is 11.6 Å². The predicted molar refractivity (Wildman–Crippen MR) is 88.9 cm³/mol. The number of thioether (sulfide) groups is 1. The SMILES string of the molecule is CC(C)(C)C(=O)CSC(C)(C)C(=O)Nc1ccc(C(F)(F)F)cn1. The molecule has 8 heteroatoms. The average Bonchev–Trinajstić information content (AvgIpc) is 2.43. The van der Waals surface area contributed by atoms with Crippen LogP contribution in [0.2, 0.25) is 0 Å². The molecule has 0 fully saturated rings. The van der Waals surface area contributed by atoms with Gasteiger partial charge in [-0.2, -0.15) is 13.2 Å². The molecule has 1 N–H and O–H groups in total. The van der Waals surface area contributed by atoms with Crippen molar-refractivity contribution in [1.29, 1.82) is 0 Å². The number of rotatable bonds is 5. The Morgan fingerprint density at radius 2 is 1.71 bits per heavy atom. The standard InChI is InChI=1S/C16H21F3N2O2S/c1-14(2,3)11(22)9-24-15(4,5)13(23)21-12-7-6-10(8-20-12)16(17,18)19/h6-8H,9H2,1-5H3,(H,20,21,23). The van der Waals surface area contributed by atoms with Gasteiger partial charge in [-0.15, -0.1) is 11.8 Å². The van der Waals surface area contributed by atoms with Crippen LogP contribution in [0.25, 0.3) is 0 Å². The fourth-order valence-corrected chi connectivity index (χ4v) is 2.54. The predicted octanol–water partition coefficient (Wildman–Crippen LogP) is 4.17. The van der Waals surface area contributed by atoms with E-state index in [0.717, 1.165) is 12.1 Å². The van der Waals surface area contributed by atoms with Crippen molar-refractivity contribution in [3.8, 4) is 0 Å². The molecule has 1 rings (SSSR count). The largest absolute Gasteiger partial charge is 0.417 e. The minimum atomic E-state index is -4.47. The van der Waals surface area contributed by atoms with Gasteiger partial charge >= 0.3 is 6.18 Å². The average molecular weight is 362 g/mol. The Morgan fingerprint density at radius 3 is 2.12 bits per heavy atom. The molecule has 0 aliphatic carbocycles. The first kappa shape index (κ1) is 20.5. The molecule has 0 radical (unpaired) electrons. The summed E-state index contributed by atoms with van der Waals surface area (Å²) in [5, 5.41) is 2.47. The van der Waals surface area contributed by atoms with Crippen molar-refractivity contribution in [2.75, 3.05) is 11.1 Å². The van der Waals surface area contributed by atoms with E-state index in [1.165, 1.54) is 11.8 Å². The highest BCUT2D eigenvalue weighted by atomic mass is 32.2. The van der Waals surface area contributed by atoms with Crippen LogP contribution in [0, 0.1) is 5.41 Å². The van der Waals surface area contributed by atoms with Crippen LogP contribution in [0.15, 0.2) is 18.3 Å². The van der Waals surface area contributed by atoms with Gasteiger partial charge in [0.15, 0.2) is 0 Å². The molecule has 1 aromatic rings. The first-order chi connectivity index (χ1) is 10.7. The maximum atomic E-state index is 12.5. The maximum Gasteiger partial charge on any atom is 0.417 e. The molecule has 0 saturated heterocycles. The monoisotopic (exact) mass is 362 g/mol. The lowest BCUT2D eigenvalue weighted by molar-refractivity contribution is -0.137. The summed E-state index contributed by atoms with van der Waals surface area (Å²) >= 11 is 1.18. The molecule has 0 unspecified atom stereocenters. The number of amides is 1. The van der Waals surface area contributed by atoms with Crippen LogP contribution >= 0.6 is 11.8 Å². The van der Waals surface area contributed by atoms with E-state index < -0.39 is 27.8 Å². The zero-order valence-electron chi connectivity index (χ0n) is 14.2. The minimum absolute atomic E-state index is 0.0148. The molecule has 0 spiro atoms. The number of aromatic nitrogens is 1. The maximum absolute atomic E-state index is 12.5. The summed E-state index contributed by atoms with van der Waals surface area (Å²) in [6.45, 7) is 8.69. The molecule has 0 atom stereocenters. The zero-order valence-corrected chi connectivity index (χ0v) is 15.1. The highest BCUT2D eigenvalue weighted by molar-refractivity contribution is 8.02.